The molecule has 0 aromatic heterocycles. The van der Waals surface area contributed by atoms with Gasteiger partial charge in [0.1, 0.15) is 13.2 Å². The van der Waals surface area contributed by atoms with Crippen LogP contribution in [-0.4, -0.2) is 37.2 Å². The van der Waals surface area contributed by atoms with Crippen LogP contribution >= 0.6 is 0 Å². The number of ether oxygens (including phenoxy) is 3. The van der Waals surface area contributed by atoms with Gasteiger partial charge in [-0.1, -0.05) is 197 Å². The number of carbonyl (C=O) groups excluding carboxylic acids is 3. The lowest BCUT2D eigenvalue weighted by molar-refractivity contribution is -0.167. The van der Waals surface area contributed by atoms with Crippen LogP contribution in [0.5, 0.6) is 0 Å². The van der Waals surface area contributed by atoms with Crippen molar-refractivity contribution in [3.05, 3.63) is 60.8 Å². The molecule has 0 saturated heterocycles. The summed E-state index contributed by atoms with van der Waals surface area (Å²) in [6.07, 6.45) is 59.2. The van der Waals surface area contributed by atoms with Crippen LogP contribution in [0.2, 0.25) is 0 Å². The Balaban J connectivity index is 4.38. The molecule has 0 fully saturated rings. The van der Waals surface area contributed by atoms with Crippen LogP contribution in [0.25, 0.3) is 0 Å². The van der Waals surface area contributed by atoms with Crippen molar-refractivity contribution in [3.63, 3.8) is 0 Å². The summed E-state index contributed by atoms with van der Waals surface area (Å²) in [7, 11) is 0. The Morgan fingerprint density at radius 3 is 1.17 bits per heavy atom. The van der Waals surface area contributed by atoms with Crippen molar-refractivity contribution in [1.82, 2.24) is 0 Å². The number of rotatable bonds is 45. The lowest BCUT2D eigenvalue weighted by atomic mass is 10.1. The second-order valence-electron chi connectivity index (χ2n) is 16.7. The summed E-state index contributed by atoms with van der Waals surface area (Å²) in [6.45, 7) is 6.45. The molecule has 0 radical (unpaired) electrons. The smallest absolute Gasteiger partial charge is 0.306 e. The van der Waals surface area contributed by atoms with Crippen LogP contribution in [0.4, 0.5) is 0 Å². The molecule has 0 aromatic carbocycles. The van der Waals surface area contributed by atoms with Gasteiger partial charge in [0, 0.05) is 19.3 Å². The van der Waals surface area contributed by atoms with Gasteiger partial charge in [0.05, 0.1) is 0 Å². The van der Waals surface area contributed by atoms with E-state index in [0.29, 0.717) is 19.3 Å². The summed E-state index contributed by atoms with van der Waals surface area (Å²) < 4.78 is 16.7. The van der Waals surface area contributed by atoms with Crippen molar-refractivity contribution < 1.29 is 28.6 Å². The fourth-order valence-electron chi connectivity index (χ4n) is 6.92. The maximum atomic E-state index is 12.8. The highest BCUT2D eigenvalue weighted by Gasteiger charge is 2.19. The van der Waals surface area contributed by atoms with Gasteiger partial charge >= 0.3 is 17.9 Å². The molecule has 0 rings (SSSR count). The van der Waals surface area contributed by atoms with Crippen molar-refractivity contribution in [3.8, 4) is 0 Å². The number of hydrogen-bond donors (Lipinski definition) is 0. The third-order valence-electron chi connectivity index (χ3n) is 10.8. The molecule has 1 unspecified atom stereocenters. The van der Waals surface area contributed by atoms with E-state index < -0.39 is 6.10 Å². The zero-order valence-corrected chi connectivity index (χ0v) is 39.5. The van der Waals surface area contributed by atoms with E-state index in [1.54, 1.807) is 0 Å². The van der Waals surface area contributed by atoms with E-state index in [4.69, 9.17) is 14.2 Å². The summed E-state index contributed by atoms with van der Waals surface area (Å²) in [5, 5.41) is 0. The van der Waals surface area contributed by atoms with Crippen molar-refractivity contribution in [2.75, 3.05) is 13.2 Å². The Labute approximate surface area is 370 Å². The Morgan fingerprint density at radius 2 is 0.717 bits per heavy atom. The van der Waals surface area contributed by atoms with Gasteiger partial charge in [0.2, 0.25) is 0 Å². The highest BCUT2D eigenvalue weighted by Crippen LogP contribution is 2.14. The zero-order chi connectivity index (χ0) is 43.7. The molecule has 0 aliphatic heterocycles. The fourth-order valence-corrected chi connectivity index (χ4v) is 6.92. The number of allylic oxidation sites excluding steroid dienone is 10. The molecule has 0 bridgehead atoms. The summed E-state index contributed by atoms with van der Waals surface area (Å²) >= 11 is 0. The molecular formula is C54H94O6. The number of unbranched alkanes of at least 4 members (excludes halogenated alkanes) is 25. The minimum Gasteiger partial charge on any atom is -0.462 e. The lowest BCUT2D eigenvalue weighted by Gasteiger charge is -2.18. The summed E-state index contributed by atoms with van der Waals surface area (Å²) in [4.78, 5) is 37.9. The van der Waals surface area contributed by atoms with Crippen LogP contribution in [0.3, 0.4) is 0 Å². The zero-order valence-electron chi connectivity index (χ0n) is 39.5. The Bertz CT molecular complexity index is 1100. The molecule has 0 aliphatic rings. The minimum absolute atomic E-state index is 0.0888. The maximum Gasteiger partial charge on any atom is 0.306 e. The summed E-state index contributed by atoms with van der Waals surface area (Å²) in [5.74, 6) is -0.924. The largest absolute Gasteiger partial charge is 0.462 e. The molecule has 1 atom stereocenters. The molecule has 0 aromatic rings. The van der Waals surface area contributed by atoms with E-state index in [9.17, 15) is 14.4 Å². The van der Waals surface area contributed by atoms with Crippen molar-refractivity contribution in [1.29, 1.82) is 0 Å². The molecule has 0 amide bonds. The lowest BCUT2D eigenvalue weighted by Crippen LogP contribution is -2.30. The highest BCUT2D eigenvalue weighted by atomic mass is 16.6. The number of esters is 3. The maximum absolute atomic E-state index is 12.8. The van der Waals surface area contributed by atoms with Gasteiger partial charge in [-0.2, -0.15) is 0 Å². The van der Waals surface area contributed by atoms with Crippen LogP contribution in [-0.2, 0) is 28.6 Å². The average molecular weight is 839 g/mol. The molecule has 346 valence electrons. The number of hydrogen-bond acceptors (Lipinski definition) is 6. The van der Waals surface area contributed by atoms with E-state index in [-0.39, 0.29) is 31.1 Å². The van der Waals surface area contributed by atoms with E-state index in [2.05, 4.69) is 81.5 Å². The van der Waals surface area contributed by atoms with Gasteiger partial charge in [-0.25, -0.2) is 0 Å². The third kappa shape index (κ3) is 46.2. The molecule has 0 N–H and O–H groups in total. The second kappa shape index (κ2) is 48.8. The van der Waals surface area contributed by atoms with E-state index in [1.807, 2.05) is 0 Å². The van der Waals surface area contributed by atoms with E-state index in [1.165, 1.54) is 89.9 Å². The van der Waals surface area contributed by atoms with Crippen LogP contribution < -0.4 is 0 Å². The predicted octanol–water partition coefficient (Wildman–Crippen LogP) is 16.5. The van der Waals surface area contributed by atoms with Gasteiger partial charge in [-0.3, -0.25) is 14.4 Å². The standard InChI is InChI=1S/C54H94O6/c1-4-7-10-13-16-19-22-24-26-27-28-29-31-32-35-38-41-44-47-53(56)59-50-51(49-58-52(55)46-43-40-37-34-21-18-15-12-9-6-3)60-54(57)48-45-42-39-36-33-30-25-23-20-17-14-11-8-5-2/h8,11,15,17-18,20,26-29,51H,4-7,9-10,12-14,16,19,21-25,30-50H2,1-3H3/b11-8-,18-15-,20-17-,27-26-,29-28-. The molecule has 60 heavy (non-hydrogen) atoms. The Kier molecular flexibility index (Phi) is 46.4. The van der Waals surface area contributed by atoms with Gasteiger partial charge in [0.25, 0.3) is 0 Å². The Morgan fingerprint density at radius 1 is 0.367 bits per heavy atom. The van der Waals surface area contributed by atoms with Crippen molar-refractivity contribution in [2.24, 2.45) is 0 Å². The first-order chi connectivity index (χ1) is 29.5. The average Bonchev–Trinajstić information content (AvgIpc) is 3.24. The highest BCUT2D eigenvalue weighted by molar-refractivity contribution is 5.71. The van der Waals surface area contributed by atoms with Gasteiger partial charge in [0.15, 0.2) is 6.10 Å². The fraction of sp³-hybridized carbons (Fsp3) is 0.759. The third-order valence-corrected chi connectivity index (χ3v) is 10.8. The molecule has 6 nitrogen and oxygen atoms in total. The molecular weight excluding hydrogens is 745 g/mol. The molecule has 0 heterocycles. The number of carbonyl (C=O) groups is 3. The molecule has 0 saturated carbocycles. The van der Waals surface area contributed by atoms with Crippen molar-refractivity contribution >= 4 is 17.9 Å². The second-order valence-corrected chi connectivity index (χ2v) is 16.7. The summed E-state index contributed by atoms with van der Waals surface area (Å²) in [5.41, 5.74) is 0. The normalized spacial score (nSPS) is 12.5. The van der Waals surface area contributed by atoms with Gasteiger partial charge in [-0.05, 0) is 89.9 Å². The molecule has 0 spiro atoms. The van der Waals surface area contributed by atoms with Gasteiger partial charge < -0.3 is 14.2 Å². The minimum atomic E-state index is -0.787. The summed E-state index contributed by atoms with van der Waals surface area (Å²) in [6, 6.07) is 0. The first-order valence-electron chi connectivity index (χ1n) is 25.3. The van der Waals surface area contributed by atoms with E-state index in [0.717, 1.165) is 116 Å². The van der Waals surface area contributed by atoms with Crippen LogP contribution in [0.15, 0.2) is 60.8 Å². The SMILES string of the molecule is CC/C=C\C/C=C\CCCCCCCCCC(=O)OC(COC(=O)CCCCCC/C=C\CCCC)COC(=O)CCCCCCC/C=C\C=C/CCCCCCCCC. The van der Waals surface area contributed by atoms with Crippen LogP contribution in [0.1, 0.15) is 245 Å². The molecule has 6 heteroatoms. The first-order valence-corrected chi connectivity index (χ1v) is 25.3. The Hall–Kier alpha value is -2.89. The van der Waals surface area contributed by atoms with E-state index >= 15 is 0 Å². The molecule has 0 aliphatic carbocycles. The van der Waals surface area contributed by atoms with Crippen molar-refractivity contribution in [2.45, 2.75) is 252 Å². The first kappa shape index (κ1) is 57.1. The predicted molar refractivity (Wildman–Crippen MR) is 256 cm³/mol. The van der Waals surface area contributed by atoms with Crippen LogP contribution in [0, 0.1) is 0 Å². The van der Waals surface area contributed by atoms with Gasteiger partial charge in [-0.15, -0.1) is 0 Å². The topological polar surface area (TPSA) is 78.9 Å². The monoisotopic (exact) mass is 839 g/mol. The quantitative estimate of drug-likeness (QED) is 0.0200.